The molecule has 3 N–H and O–H groups in total. The molecule has 0 aliphatic rings. The maximum atomic E-state index is 8.52. The van der Waals surface area contributed by atoms with Crippen molar-refractivity contribution >= 4 is 11.4 Å². The van der Waals surface area contributed by atoms with Crippen molar-refractivity contribution in [3.05, 3.63) is 53.1 Å². The number of benzene rings is 2. The maximum Gasteiger partial charge on any atom is 0.161 e. The Morgan fingerprint density at radius 3 is 2.18 bits per heavy atom. The average molecular weight is 298 g/mol. The summed E-state index contributed by atoms with van der Waals surface area (Å²) in [5.41, 5.74) is 9.66. The summed E-state index contributed by atoms with van der Waals surface area (Å²) in [4.78, 5) is 0. The molecule has 0 atom stereocenters. The van der Waals surface area contributed by atoms with E-state index in [2.05, 4.69) is 6.92 Å². The maximum absolute atomic E-state index is 8.52. The Bertz CT molecular complexity index is 664. The van der Waals surface area contributed by atoms with E-state index in [0.29, 0.717) is 22.9 Å². The number of anilines is 1. The SMILES string of the molecule is CCCc1cc(OC)c(OC)cc1C(=N)c1ccc(N)cc1. The zero-order valence-electron chi connectivity index (χ0n) is 13.3. The first-order valence-corrected chi connectivity index (χ1v) is 7.30. The van der Waals surface area contributed by atoms with E-state index in [1.807, 2.05) is 36.4 Å². The lowest BCUT2D eigenvalue weighted by Gasteiger charge is -2.15. The van der Waals surface area contributed by atoms with Gasteiger partial charge in [-0.1, -0.05) is 25.5 Å². The molecule has 2 rings (SSSR count). The van der Waals surface area contributed by atoms with E-state index in [9.17, 15) is 0 Å². The number of nitrogens with one attached hydrogen (secondary N) is 1. The largest absolute Gasteiger partial charge is 0.493 e. The Morgan fingerprint density at radius 2 is 1.64 bits per heavy atom. The van der Waals surface area contributed by atoms with Crippen LogP contribution in [0.15, 0.2) is 36.4 Å². The van der Waals surface area contributed by atoms with Crippen molar-refractivity contribution in [2.24, 2.45) is 0 Å². The van der Waals surface area contributed by atoms with E-state index < -0.39 is 0 Å². The van der Waals surface area contributed by atoms with Crippen LogP contribution in [0.4, 0.5) is 5.69 Å². The quantitative estimate of drug-likeness (QED) is 0.631. The number of methoxy groups -OCH3 is 2. The topological polar surface area (TPSA) is 68.3 Å². The molecule has 0 spiro atoms. The van der Waals surface area contributed by atoms with E-state index in [4.69, 9.17) is 20.6 Å². The van der Waals surface area contributed by atoms with Gasteiger partial charge >= 0.3 is 0 Å². The zero-order chi connectivity index (χ0) is 16.1. The molecule has 2 aromatic rings. The first-order chi connectivity index (χ1) is 10.6. The number of hydrogen-bond donors (Lipinski definition) is 2. The third kappa shape index (κ3) is 3.22. The van der Waals surface area contributed by atoms with E-state index in [-0.39, 0.29) is 0 Å². The van der Waals surface area contributed by atoms with E-state index in [0.717, 1.165) is 29.5 Å². The Morgan fingerprint density at radius 1 is 1.05 bits per heavy atom. The van der Waals surface area contributed by atoms with Crippen LogP contribution in [0, 0.1) is 5.41 Å². The second kappa shape index (κ2) is 6.98. The summed E-state index contributed by atoms with van der Waals surface area (Å²) in [5, 5.41) is 8.52. The van der Waals surface area contributed by atoms with Gasteiger partial charge in [-0.25, -0.2) is 0 Å². The summed E-state index contributed by atoms with van der Waals surface area (Å²) in [5.74, 6) is 1.33. The summed E-state index contributed by atoms with van der Waals surface area (Å²) in [6, 6.07) is 11.2. The van der Waals surface area contributed by atoms with Gasteiger partial charge in [0.1, 0.15) is 0 Å². The van der Waals surface area contributed by atoms with Gasteiger partial charge in [0.2, 0.25) is 0 Å². The summed E-state index contributed by atoms with van der Waals surface area (Å²) >= 11 is 0. The minimum atomic E-state index is 0.462. The normalized spacial score (nSPS) is 10.3. The van der Waals surface area contributed by atoms with Gasteiger partial charge in [-0.05, 0) is 36.2 Å². The number of nitrogen functional groups attached to an aromatic ring is 1. The minimum absolute atomic E-state index is 0.462. The molecule has 0 saturated carbocycles. The molecule has 22 heavy (non-hydrogen) atoms. The second-order valence-corrected chi connectivity index (χ2v) is 5.11. The molecular formula is C18H22N2O2. The fourth-order valence-electron chi connectivity index (χ4n) is 2.44. The monoisotopic (exact) mass is 298 g/mol. The average Bonchev–Trinajstić information content (AvgIpc) is 2.54. The molecule has 0 aromatic heterocycles. The number of hydrogen-bond acceptors (Lipinski definition) is 4. The van der Waals surface area contributed by atoms with Gasteiger partial charge in [-0.15, -0.1) is 0 Å². The van der Waals surface area contributed by atoms with Crippen molar-refractivity contribution < 1.29 is 9.47 Å². The summed E-state index contributed by atoms with van der Waals surface area (Å²) in [6.45, 7) is 2.12. The van der Waals surface area contributed by atoms with Crippen molar-refractivity contribution in [3.63, 3.8) is 0 Å². The van der Waals surface area contributed by atoms with Gasteiger partial charge in [0.15, 0.2) is 11.5 Å². The number of ether oxygens (including phenoxy) is 2. The highest BCUT2D eigenvalue weighted by molar-refractivity contribution is 6.12. The summed E-state index contributed by atoms with van der Waals surface area (Å²) in [6.07, 6.45) is 1.88. The lowest BCUT2D eigenvalue weighted by atomic mass is 9.94. The first kappa shape index (κ1) is 15.9. The molecule has 4 nitrogen and oxygen atoms in total. The smallest absolute Gasteiger partial charge is 0.161 e. The molecule has 0 radical (unpaired) electrons. The number of rotatable bonds is 6. The lowest BCUT2D eigenvalue weighted by Crippen LogP contribution is -2.07. The third-order valence-corrected chi connectivity index (χ3v) is 3.60. The van der Waals surface area contributed by atoms with Crippen LogP contribution in [-0.2, 0) is 6.42 Å². The fourth-order valence-corrected chi connectivity index (χ4v) is 2.44. The van der Waals surface area contributed by atoms with Crippen molar-refractivity contribution in [2.75, 3.05) is 20.0 Å². The standard InChI is InChI=1S/C18H22N2O2/c1-4-5-13-10-16(21-2)17(22-3)11-15(13)18(20)12-6-8-14(19)9-7-12/h6-11,20H,4-5,19H2,1-3H3. The predicted octanol–water partition coefficient (Wildman–Crippen LogP) is 3.65. The lowest BCUT2D eigenvalue weighted by molar-refractivity contribution is 0.354. The fraction of sp³-hybridized carbons (Fsp3) is 0.278. The first-order valence-electron chi connectivity index (χ1n) is 7.30. The highest BCUT2D eigenvalue weighted by atomic mass is 16.5. The Hall–Kier alpha value is -2.49. The van der Waals surface area contributed by atoms with E-state index in [1.54, 1.807) is 14.2 Å². The molecule has 0 bridgehead atoms. The van der Waals surface area contributed by atoms with E-state index in [1.165, 1.54) is 0 Å². The van der Waals surface area contributed by atoms with Gasteiger partial charge in [0.05, 0.1) is 19.9 Å². The molecule has 0 aliphatic heterocycles. The van der Waals surface area contributed by atoms with Gasteiger partial charge in [-0.3, -0.25) is 5.41 Å². The van der Waals surface area contributed by atoms with Crippen molar-refractivity contribution in [1.29, 1.82) is 5.41 Å². The van der Waals surface area contributed by atoms with Crippen LogP contribution in [0.2, 0.25) is 0 Å². The van der Waals surface area contributed by atoms with Crippen LogP contribution in [-0.4, -0.2) is 19.9 Å². The molecule has 0 unspecified atom stereocenters. The minimum Gasteiger partial charge on any atom is -0.493 e. The molecule has 4 heteroatoms. The van der Waals surface area contributed by atoms with Crippen LogP contribution in [0.3, 0.4) is 0 Å². The van der Waals surface area contributed by atoms with Crippen LogP contribution in [0.25, 0.3) is 0 Å². The van der Waals surface area contributed by atoms with Crippen molar-refractivity contribution in [3.8, 4) is 11.5 Å². The molecule has 0 aliphatic carbocycles. The van der Waals surface area contributed by atoms with E-state index >= 15 is 0 Å². The van der Waals surface area contributed by atoms with Crippen LogP contribution in [0.1, 0.15) is 30.0 Å². The summed E-state index contributed by atoms with van der Waals surface area (Å²) in [7, 11) is 3.23. The molecule has 0 fully saturated rings. The van der Waals surface area contributed by atoms with Gasteiger partial charge in [-0.2, -0.15) is 0 Å². The van der Waals surface area contributed by atoms with Crippen LogP contribution < -0.4 is 15.2 Å². The van der Waals surface area contributed by atoms with Crippen LogP contribution >= 0.6 is 0 Å². The molecule has 0 amide bonds. The molecule has 116 valence electrons. The predicted molar refractivity (Wildman–Crippen MR) is 90.3 cm³/mol. The second-order valence-electron chi connectivity index (χ2n) is 5.11. The Labute approximate surface area is 131 Å². The van der Waals surface area contributed by atoms with Gasteiger partial charge in [0.25, 0.3) is 0 Å². The highest BCUT2D eigenvalue weighted by Crippen LogP contribution is 2.32. The summed E-state index contributed by atoms with van der Waals surface area (Å²) < 4.78 is 10.7. The highest BCUT2D eigenvalue weighted by Gasteiger charge is 2.15. The Kier molecular flexibility index (Phi) is 5.04. The van der Waals surface area contributed by atoms with Gasteiger partial charge < -0.3 is 15.2 Å². The number of aryl methyl sites for hydroxylation is 1. The zero-order valence-corrected chi connectivity index (χ0v) is 13.3. The van der Waals surface area contributed by atoms with Crippen molar-refractivity contribution in [1.82, 2.24) is 0 Å². The molecule has 2 aromatic carbocycles. The van der Waals surface area contributed by atoms with Crippen molar-refractivity contribution in [2.45, 2.75) is 19.8 Å². The number of nitrogens with two attached hydrogens (primary N) is 1. The third-order valence-electron chi connectivity index (χ3n) is 3.60. The molecule has 0 saturated heterocycles. The van der Waals surface area contributed by atoms with Crippen LogP contribution in [0.5, 0.6) is 11.5 Å². The van der Waals surface area contributed by atoms with Gasteiger partial charge in [0, 0.05) is 16.8 Å². The Balaban J connectivity index is 2.51. The molecule has 0 heterocycles. The molecular weight excluding hydrogens is 276 g/mol.